The first kappa shape index (κ1) is 29.0. The number of anilines is 2. The highest BCUT2D eigenvalue weighted by Gasteiger charge is 2.35. The number of piperazine rings is 1. The molecule has 1 saturated heterocycles. The Kier molecular flexibility index (Phi) is 8.58. The van der Waals surface area contributed by atoms with E-state index in [1.54, 1.807) is 40.1 Å². The van der Waals surface area contributed by atoms with E-state index < -0.39 is 11.7 Å². The third-order valence-electron chi connectivity index (χ3n) is 7.68. The van der Waals surface area contributed by atoms with Gasteiger partial charge in [0.1, 0.15) is 5.82 Å². The molecule has 11 heteroatoms. The van der Waals surface area contributed by atoms with Crippen LogP contribution in [0, 0.1) is 0 Å². The molecule has 0 saturated carbocycles. The van der Waals surface area contributed by atoms with Crippen molar-refractivity contribution in [2.75, 3.05) is 42.5 Å². The molecular formula is C30H33ClF3N5O2. The van der Waals surface area contributed by atoms with E-state index in [9.17, 15) is 22.8 Å². The topological polar surface area (TPSA) is 61.7 Å². The minimum atomic E-state index is -4.42. The Labute approximate surface area is 242 Å². The number of fused-ring (bicyclic) bond motifs is 1. The largest absolute Gasteiger partial charge is 0.416 e. The van der Waals surface area contributed by atoms with Crippen LogP contribution in [0.15, 0.2) is 48.5 Å². The van der Waals surface area contributed by atoms with E-state index in [4.69, 9.17) is 16.6 Å². The molecule has 3 heterocycles. The molecule has 218 valence electrons. The summed E-state index contributed by atoms with van der Waals surface area (Å²) in [5.41, 5.74) is 0.610. The van der Waals surface area contributed by atoms with Gasteiger partial charge in [-0.05, 0) is 55.7 Å². The van der Waals surface area contributed by atoms with Crippen molar-refractivity contribution in [2.45, 2.75) is 51.7 Å². The summed E-state index contributed by atoms with van der Waals surface area (Å²) in [6, 6.07) is 12.0. The number of hydrogen-bond donors (Lipinski definition) is 0. The zero-order valence-corrected chi connectivity index (χ0v) is 23.7. The summed E-state index contributed by atoms with van der Waals surface area (Å²) in [5.74, 6) is 0.674. The zero-order chi connectivity index (χ0) is 29.1. The first-order chi connectivity index (χ1) is 19.7. The molecule has 2 aromatic carbocycles. The van der Waals surface area contributed by atoms with Crippen LogP contribution in [-0.4, -0.2) is 59.0 Å². The Morgan fingerprint density at radius 3 is 2.46 bits per heavy atom. The molecule has 3 aromatic rings. The monoisotopic (exact) mass is 587 g/mol. The lowest BCUT2D eigenvalue weighted by atomic mass is 10.1. The SMILES string of the molecule is CCCCN(C(=O)c1cccc(Cl)c1)c1nc2n(c1C(=O)N1CCN(c3cccc(C(F)(F)F)c3)CC1)CCCC2. The standard InChI is InChI=1S/C30H33ClF3N5O2/c1-2-3-13-39(28(40)21-8-6-10-23(31)19-21)27-26(38-14-5-4-12-25(38)35-27)29(41)37-17-15-36(16-18-37)24-11-7-9-22(20-24)30(32,33)34/h6-11,19-20H,2-5,12-18H2,1H3. The second-order valence-corrected chi connectivity index (χ2v) is 10.9. The molecule has 1 aromatic heterocycles. The van der Waals surface area contributed by atoms with Crippen LogP contribution in [0.4, 0.5) is 24.7 Å². The molecule has 2 aliphatic heterocycles. The van der Waals surface area contributed by atoms with Crippen LogP contribution in [0.2, 0.25) is 5.02 Å². The van der Waals surface area contributed by atoms with Gasteiger partial charge >= 0.3 is 6.18 Å². The highest BCUT2D eigenvalue weighted by atomic mass is 35.5. The van der Waals surface area contributed by atoms with Crippen molar-refractivity contribution in [3.8, 4) is 0 Å². The molecule has 0 radical (unpaired) electrons. The maximum Gasteiger partial charge on any atom is 0.416 e. The van der Waals surface area contributed by atoms with Crippen LogP contribution in [0.3, 0.4) is 0 Å². The minimum absolute atomic E-state index is 0.218. The Balaban J connectivity index is 1.43. The molecule has 0 N–H and O–H groups in total. The number of nitrogens with zero attached hydrogens (tertiary/aromatic N) is 5. The third kappa shape index (κ3) is 6.22. The van der Waals surface area contributed by atoms with Gasteiger partial charge in [0.15, 0.2) is 11.5 Å². The molecule has 5 rings (SSSR count). The summed E-state index contributed by atoms with van der Waals surface area (Å²) in [6.45, 7) is 4.55. The lowest BCUT2D eigenvalue weighted by Gasteiger charge is -2.36. The Hall–Kier alpha value is -3.53. The predicted molar refractivity (Wildman–Crippen MR) is 153 cm³/mol. The van der Waals surface area contributed by atoms with Crippen LogP contribution in [0.25, 0.3) is 0 Å². The quantitative estimate of drug-likeness (QED) is 0.325. The van der Waals surface area contributed by atoms with Gasteiger partial charge in [0.05, 0.1) is 5.56 Å². The Bertz CT molecular complexity index is 1420. The average Bonchev–Trinajstić information content (AvgIpc) is 3.36. The van der Waals surface area contributed by atoms with Crippen molar-refractivity contribution in [3.63, 3.8) is 0 Å². The second kappa shape index (κ2) is 12.1. The second-order valence-electron chi connectivity index (χ2n) is 10.5. The van der Waals surface area contributed by atoms with Crippen molar-refractivity contribution >= 4 is 34.9 Å². The lowest BCUT2D eigenvalue weighted by molar-refractivity contribution is -0.137. The smallest absolute Gasteiger partial charge is 0.368 e. The highest BCUT2D eigenvalue weighted by Crippen LogP contribution is 2.33. The van der Waals surface area contributed by atoms with Crippen molar-refractivity contribution < 1.29 is 22.8 Å². The van der Waals surface area contributed by atoms with Crippen LogP contribution >= 0.6 is 11.6 Å². The van der Waals surface area contributed by atoms with E-state index in [2.05, 4.69) is 0 Å². The van der Waals surface area contributed by atoms with Gasteiger partial charge in [-0.3, -0.25) is 14.5 Å². The third-order valence-corrected chi connectivity index (χ3v) is 7.91. The maximum atomic E-state index is 14.1. The molecule has 41 heavy (non-hydrogen) atoms. The van der Waals surface area contributed by atoms with Gasteiger partial charge in [-0.25, -0.2) is 4.98 Å². The Morgan fingerprint density at radius 2 is 1.76 bits per heavy atom. The number of benzene rings is 2. The molecule has 2 aliphatic rings. The first-order valence-corrected chi connectivity index (χ1v) is 14.4. The summed E-state index contributed by atoms with van der Waals surface area (Å²) in [6.07, 6.45) is -0.250. The molecule has 0 bridgehead atoms. The van der Waals surface area contributed by atoms with E-state index in [0.29, 0.717) is 67.1 Å². The fraction of sp³-hybridized carbons (Fsp3) is 0.433. The van der Waals surface area contributed by atoms with Crippen molar-refractivity contribution in [2.24, 2.45) is 0 Å². The fourth-order valence-corrected chi connectivity index (χ4v) is 5.65. The van der Waals surface area contributed by atoms with Gasteiger partial charge in [0.2, 0.25) is 0 Å². The van der Waals surface area contributed by atoms with Gasteiger partial charge in [-0.2, -0.15) is 13.2 Å². The van der Waals surface area contributed by atoms with E-state index in [0.717, 1.165) is 50.1 Å². The van der Waals surface area contributed by atoms with Gasteiger partial charge in [0.25, 0.3) is 11.8 Å². The van der Waals surface area contributed by atoms with Crippen molar-refractivity contribution in [1.29, 1.82) is 0 Å². The number of alkyl halides is 3. The molecule has 0 aliphatic carbocycles. The molecule has 0 unspecified atom stereocenters. The number of rotatable bonds is 7. The summed E-state index contributed by atoms with van der Waals surface area (Å²) in [7, 11) is 0. The number of unbranched alkanes of at least 4 members (excludes halogenated alkanes) is 1. The number of aromatic nitrogens is 2. The van der Waals surface area contributed by atoms with Gasteiger partial charge < -0.3 is 14.4 Å². The van der Waals surface area contributed by atoms with Crippen LogP contribution < -0.4 is 9.80 Å². The average molecular weight is 588 g/mol. The fourth-order valence-electron chi connectivity index (χ4n) is 5.46. The van der Waals surface area contributed by atoms with Crippen LogP contribution in [0.1, 0.15) is 64.8 Å². The summed E-state index contributed by atoms with van der Waals surface area (Å²) >= 11 is 6.19. The van der Waals surface area contributed by atoms with E-state index in [1.807, 2.05) is 16.4 Å². The minimum Gasteiger partial charge on any atom is -0.368 e. The van der Waals surface area contributed by atoms with Crippen molar-refractivity contribution in [1.82, 2.24) is 14.5 Å². The highest BCUT2D eigenvalue weighted by molar-refractivity contribution is 6.31. The molecular weight excluding hydrogens is 555 g/mol. The molecule has 0 atom stereocenters. The van der Waals surface area contributed by atoms with Gasteiger partial charge in [0, 0.05) is 62.0 Å². The zero-order valence-electron chi connectivity index (χ0n) is 23.0. The normalized spacial score (nSPS) is 15.5. The number of carbonyl (C=O) groups excluding carboxylic acids is 2. The summed E-state index contributed by atoms with van der Waals surface area (Å²) in [4.78, 5) is 37.9. The Morgan fingerprint density at radius 1 is 1.00 bits per heavy atom. The number of carbonyl (C=O) groups is 2. The van der Waals surface area contributed by atoms with Crippen molar-refractivity contribution in [3.05, 3.63) is 76.2 Å². The molecule has 1 fully saturated rings. The number of hydrogen-bond acceptors (Lipinski definition) is 4. The lowest BCUT2D eigenvalue weighted by Crippen LogP contribution is -2.49. The molecule has 2 amide bonds. The number of amides is 2. The van der Waals surface area contributed by atoms with Crippen LogP contribution in [-0.2, 0) is 19.1 Å². The molecule has 0 spiro atoms. The van der Waals surface area contributed by atoms with E-state index in [-0.39, 0.29) is 11.8 Å². The van der Waals surface area contributed by atoms with Gasteiger partial charge in [-0.1, -0.05) is 37.1 Å². The summed E-state index contributed by atoms with van der Waals surface area (Å²) < 4.78 is 41.7. The first-order valence-electron chi connectivity index (χ1n) is 14.1. The molecule has 7 nitrogen and oxygen atoms in total. The number of imidazole rings is 1. The predicted octanol–water partition coefficient (Wildman–Crippen LogP) is 6.30. The number of halogens is 4. The van der Waals surface area contributed by atoms with Gasteiger partial charge in [-0.15, -0.1) is 0 Å². The van der Waals surface area contributed by atoms with Crippen LogP contribution in [0.5, 0.6) is 0 Å². The maximum absolute atomic E-state index is 14.1. The summed E-state index contributed by atoms with van der Waals surface area (Å²) in [5, 5.41) is 0.449. The van der Waals surface area contributed by atoms with E-state index >= 15 is 0 Å². The number of aryl methyl sites for hydroxylation is 1. The van der Waals surface area contributed by atoms with E-state index in [1.165, 1.54) is 6.07 Å².